The van der Waals surface area contributed by atoms with Crippen LogP contribution in [0.3, 0.4) is 0 Å². The van der Waals surface area contributed by atoms with Gasteiger partial charge < -0.3 is 19.9 Å². The lowest BCUT2D eigenvalue weighted by Crippen LogP contribution is -2.26. The van der Waals surface area contributed by atoms with Crippen LogP contribution in [0.4, 0.5) is 0 Å². The molecule has 2 amide bonds. The zero-order valence-corrected chi connectivity index (χ0v) is 18.6. The Hall–Kier alpha value is -3.54. The van der Waals surface area contributed by atoms with Crippen molar-refractivity contribution >= 4 is 11.8 Å². The van der Waals surface area contributed by atoms with E-state index in [1.54, 1.807) is 0 Å². The van der Waals surface area contributed by atoms with Crippen molar-refractivity contribution < 1.29 is 14.3 Å². The Bertz CT molecular complexity index is 1130. The van der Waals surface area contributed by atoms with E-state index < -0.39 is 5.91 Å². The minimum absolute atomic E-state index is 0.236. The molecule has 0 spiro atoms. The summed E-state index contributed by atoms with van der Waals surface area (Å²) >= 11 is 0. The molecule has 32 heavy (non-hydrogen) atoms. The maximum atomic E-state index is 12.4. The molecule has 1 fully saturated rings. The number of aromatic nitrogens is 1. The zero-order chi connectivity index (χ0) is 22.7. The minimum Gasteiger partial charge on any atom is -0.457 e. The van der Waals surface area contributed by atoms with E-state index in [0.29, 0.717) is 17.7 Å². The average Bonchev–Trinajstić information content (AvgIpc) is 3.30. The van der Waals surface area contributed by atoms with Crippen molar-refractivity contribution in [3.63, 3.8) is 0 Å². The standard InChI is InChI=1S/C26H29N3O3/c1-18-24(20-9-6-12-22(17-20)32-21-10-4-3-5-11-21)25(26(27)31)19(2)29(18)16-8-15-28-14-7-13-23(28)30/h3-6,9-12,17H,7-8,13-16H2,1-2H3,(H2,27,31). The predicted molar refractivity (Wildman–Crippen MR) is 125 cm³/mol. The van der Waals surface area contributed by atoms with Crippen LogP contribution in [0.1, 0.15) is 41.0 Å². The van der Waals surface area contributed by atoms with Gasteiger partial charge in [0.15, 0.2) is 0 Å². The molecule has 0 saturated carbocycles. The topological polar surface area (TPSA) is 77.6 Å². The van der Waals surface area contributed by atoms with Crippen LogP contribution < -0.4 is 10.5 Å². The Balaban J connectivity index is 1.62. The first-order chi connectivity index (χ1) is 15.5. The number of ether oxygens (including phenoxy) is 1. The molecule has 1 aliphatic heterocycles. The number of hydrogen-bond donors (Lipinski definition) is 1. The SMILES string of the molecule is Cc1c(C(N)=O)c(-c2cccc(Oc3ccccc3)c2)c(C)n1CCCN1CCCC1=O. The van der Waals surface area contributed by atoms with Gasteiger partial charge in [-0.3, -0.25) is 9.59 Å². The van der Waals surface area contributed by atoms with E-state index >= 15 is 0 Å². The van der Waals surface area contributed by atoms with Crippen molar-refractivity contribution in [2.24, 2.45) is 5.73 Å². The van der Waals surface area contributed by atoms with Crippen molar-refractivity contribution in [3.05, 3.63) is 71.5 Å². The number of nitrogens with zero attached hydrogens (tertiary/aromatic N) is 2. The number of rotatable bonds is 8. The van der Waals surface area contributed by atoms with E-state index in [1.807, 2.05) is 73.3 Å². The van der Waals surface area contributed by atoms with Crippen LogP contribution in [0.25, 0.3) is 11.1 Å². The van der Waals surface area contributed by atoms with Gasteiger partial charge in [0.1, 0.15) is 11.5 Å². The normalized spacial score (nSPS) is 13.6. The van der Waals surface area contributed by atoms with Crippen molar-refractivity contribution in [2.75, 3.05) is 13.1 Å². The summed E-state index contributed by atoms with van der Waals surface area (Å²) in [6.45, 7) is 6.25. The van der Waals surface area contributed by atoms with E-state index in [9.17, 15) is 9.59 Å². The molecule has 2 heterocycles. The molecule has 0 aliphatic carbocycles. The van der Waals surface area contributed by atoms with Gasteiger partial charge in [-0.2, -0.15) is 0 Å². The molecular formula is C26H29N3O3. The van der Waals surface area contributed by atoms with Crippen molar-refractivity contribution in [3.8, 4) is 22.6 Å². The first-order valence-electron chi connectivity index (χ1n) is 11.1. The number of amides is 2. The largest absolute Gasteiger partial charge is 0.457 e. The van der Waals surface area contributed by atoms with E-state index in [1.165, 1.54) is 0 Å². The van der Waals surface area contributed by atoms with Crippen molar-refractivity contribution in [2.45, 2.75) is 39.7 Å². The highest BCUT2D eigenvalue weighted by atomic mass is 16.5. The molecule has 4 rings (SSSR count). The van der Waals surface area contributed by atoms with Crippen LogP contribution in [0.15, 0.2) is 54.6 Å². The van der Waals surface area contributed by atoms with E-state index in [0.717, 1.165) is 60.7 Å². The Morgan fingerprint density at radius 2 is 1.75 bits per heavy atom. The number of para-hydroxylation sites is 1. The molecule has 2 aromatic carbocycles. The first kappa shape index (κ1) is 21.7. The Morgan fingerprint density at radius 1 is 1.00 bits per heavy atom. The van der Waals surface area contributed by atoms with Gasteiger partial charge in [0, 0.05) is 43.0 Å². The monoisotopic (exact) mass is 431 g/mol. The van der Waals surface area contributed by atoms with E-state index in [-0.39, 0.29) is 5.91 Å². The van der Waals surface area contributed by atoms with Gasteiger partial charge >= 0.3 is 0 Å². The second-order valence-corrected chi connectivity index (χ2v) is 8.22. The number of nitrogens with two attached hydrogens (primary N) is 1. The van der Waals surface area contributed by atoms with E-state index in [4.69, 9.17) is 10.5 Å². The molecule has 3 aromatic rings. The number of carbonyl (C=O) groups is 2. The molecule has 2 N–H and O–H groups in total. The third kappa shape index (κ3) is 4.40. The van der Waals surface area contributed by atoms with Crippen LogP contribution in [-0.2, 0) is 11.3 Å². The van der Waals surface area contributed by atoms with Crippen LogP contribution in [0, 0.1) is 13.8 Å². The lowest BCUT2D eigenvalue weighted by atomic mass is 10.00. The van der Waals surface area contributed by atoms with Crippen molar-refractivity contribution in [1.82, 2.24) is 9.47 Å². The molecule has 166 valence electrons. The van der Waals surface area contributed by atoms with Gasteiger partial charge in [-0.15, -0.1) is 0 Å². The number of carbonyl (C=O) groups excluding carboxylic acids is 2. The van der Waals surface area contributed by atoms with Gasteiger partial charge in [-0.05, 0) is 56.5 Å². The molecule has 0 radical (unpaired) electrons. The molecule has 0 unspecified atom stereocenters. The summed E-state index contributed by atoms with van der Waals surface area (Å²) in [6.07, 6.45) is 2.42. The quantitative estimate of drug-likeness (QED) is 0.563. The second kappa shape index (κ2) is 9.30. The zero-order valence-electron chi connectivity index (χ0n) is 18.6. The number of benzene rings is 2. The number of hydrogen-bond acceptors (Lipinski definition) is 3. The summed E-state index contributed by atoms with van der Waals surface area (Å²) in [6, 6.07) is 17.3. The molecule has 6 nitrogen and oxygen atoms in total. The molecule has 0 atom stereocenters. The summed E-state index contributed by atoms with van der Waals surface area (Å²) in [4.78, 5) is 26.2. The Kier molecular flexibility index (Phi) is 6.30. The first-order valence-corrected chi connectivity index (χ1v) is 11.1. The van der Waals surface area contributed by atoms with Crippen LogP contribution in [-0.4, -0.2) is 34.4 Å². The number of likely N-dealkylation sites (tertiary alicyclic amines) is 1. The summed E-state index contributed by atoms with van der Waals surface area (Å²) in [7, 11) is 0. The summed E-state index contributed by atoms with van der Waals surface area (Å²) in [5.74, 6) is 1.24. The highest BCUT2D eigenvalue weighted by Crippen LogP contribution is 2.35. The fourth-order valence-corrected chi connectivity index (χ4v) is 4.57. The summed E-state index contributed by atoms with van der Waals surface area (Å²) in [5, 5.41) is 0. The Labute approximate surface area is 188 Å². The van der Waals surface area contributed by atoms with Gasteiger partial charge in [-0.25, -0.2) is 0 Å². The second-order valence-electron chi connectivity index (χ2n) is 8.22. The third-order valence-corrected chi connectivity index (χ3v) is 6.11. The lowest BCUT2D eigenvalue weighted by molar-refractivity contribution is -0.127. The van der Waals surface area contributed by atoms with Gasteiger partial charge in [0.2, 0.25) is 5.91 Å². The minimum atomic E-state index is -0.441. The molecular weight excluding hydrogens is 402 g/mol. The fourth-order valence-electron chi connectivity index (χ4n) is 4.57. The third-order valence-electron chi connectivity index (χ3n) is 6.11. The average molecular weight is 432 g/mol. The van der Waals surface area contributed by atoms with Crippen LogP contribution in [0.2, 0.25) is 0 Å². The molecule has 6 heteroatoms. The molecule has 1 saturated heterocycles. The van der Waals surface area contributed by atoms with Gasteiger partial charge in [0.25, 0.3) is 5.91 Å². The van der Waals surface area contributed by atoms with Crippen LogP contribution in [0.5, 0.6) is 11.5 Å². The van der Waals surface area contributed by atoms with Crippen LogP contribution >= 0.6 is 0 Å². The van der Waals surface area contributed by atoms with Gasteiger partial charge in [-0.1, -0.05) is 30.3 Å². The van der Waals surface area contributed by atoms with Crippen molar-refractivity contribution in [1.29, 1.82) is 0 Å². The van der Waals surface area contributed by atoms with E-state index in [2.05, 4.69) is 4.57 Å². The molecule has 0 bridgehead atoms. The lowest BCUT2D eigenvalue weighted by Gasteiger charge is -2.16. The highest BCUT2D eigenvalue weighted by Gasteiger charge is 2.24. The smallest absolute Gasteiger partial charge is 0.251 e. The fraction of sp³-hybridized carbons (Fsp3) is 0.308. The highest BCUT2D eigenvalue weighted by molar-refractivity contribution is 6.02. The predicted octanol–water partition coefficient (Wildman–Crippen LogP) is 4.68. The Morgan fingerprint density at radius 3 is 2.44 bits per heavy atom. The van der Waals surface area contributed by atoms with Gasteiger partial charge in [0.05, 0.1) is 5.56 Å². The number of primary amides is 1. The summed E-state index contributed by atoms with van der Waals surface area (Å²) < 4.78 is 8.13. The molecule has 1 aliphatic rings. The maximum absolute atomic E-state index is 12.4. The maximum Gasteiger partial charge on any atom is 0.251 e. The summed E-state index contributed by atoms with van der Waals surface area (Å²) in [5.41, 5.74) is 9.91. The molecule has 1 aromatic heterocycles.